The number of carbonyl (C=O) groups excluding carboxylic acids is 1. The van der Waals surface area contributed by atoms with Crippen molar-refractivity contribution in [2.75, 3.05) is 4.90 Å². The first-order chi connectivity index (χ1) is 11.9. The molecule has 2 aromatic rings. The van der Waals surface area contributed by atoms with E-state index in [1.807, 2.05) is 44.2 Å². The lowest BCUT2D eigenvalue weighted by atomic mass is 10.1. The summed E-state index contributed by atoms with van der Waals surface area (Å²) in [4.78, 5) is 13.9. The number of ether oxygens (including phenoxy) is 1. The third-order valence-corrected chi connectivity index (χ3v) is 3.54. The van der Waals surface area contributed by atoms with Crippen molar-refractivity contribution >= 4 is 11.6 Å². The maximum atomic E-state index is 13.8. The van der Waals surface area contributed by atoms with Crippen LogP contribution < -0.4 is 9.64 Å². The highest BCUT2D eigenvalue weighted by atomic mass is 19.1. The quantitative estimate of drug-likeness (QED) is 0.782. The summed E-state index contributed by atoms with van der Waals surface area (Å²) in [5.41, 5.74) is 1.42. The van der Waals surface area contributed by atoms with Gasteiger partial charge < -0.3 is 9.64 Å². The van der Waals surface area contributed by atoms with Crippen LogP contribution in [0.1, 0.15) is 38.3 Å². The molecule has 0 aliphatic rings. The summed E-state index contributed by atoms with van der Waals surface area (Å²) in [7, 11) is 0. The molecule has 0 aliphatic carbocycles. The lowest BCUT2D eigenvalue weighted by Gasteiger charge is -2.23. The second-order valence-corrected chi connectivity index (χ2v) is 5.96. The highest BCUT2D eigenvalue weighted by molar-refractivity contribution is 5.93. The maximum Gasteiger partial charge on any atom is 0.227 e. The van der Waals surface area contributed by atoms with Crippen LogP contribution in [0.15, 0.2) is 42.5 Å². The molecule has 0 aromatic heterocycles. The van der Waals surface area contributed by atoms with E-state index in [1.54, 1.807) is 6.92 Å². The Morgan fingerprint density at radius 1 is 1.28 bits per heavy atom. The molecule has 25 heavy (non-hydrogen) atoms. The van der Waals surface area contributed by atoms with Gasteiger partial charge in [-0.1, -0.05) is 19.1 Å². The molecule has 0 atom stereocenters. The Balaban J connectivity index is 2.35. The van der Waals surface area contributed by atoms with Crippen molar-refractivity contribution in [2.24, 2.45) is 0 Å². The molecule has 130 valence electrons. The van der Waals surface area contributed by atoms with Crippen LogP contribution in [0.3, 0.4) is 0 Å². The number of hydrogen-bond donors (Lipinski definition) is 0. The van der Waals surface area contributed by atoms with Gasteiger partial charge in [0.05, 0.1) is 24.3 Å². The first kappa shape index (κ1) is 18.5. The van der Waals surface area contributed by atoms with Gasteiger partial charge in [0.1, 0.15) is 11.6 Å². The van der Waals surface area contributed by atoms with Crippen molar-refractivity contribution in [3.63, 3.8) is 0 Å². The van der Waals surface area contributed by atoms with Crippen LogP contribution >= 0.6 is 0 Å². The Morgan fingerprint density at radius 3 is 2.68 bits per heavy atom. The predicted octanol–water partition coefficient (Wildman–Crippen LogP) is 4.43. The highest BCUT2D eigenvalue weighted by Gasteiger charge is 2.17. The molecule has 0 heterocycles. The number of anilines is 1. The van der Waals surface area contributed by atoms with Gasteiger partial charge in [0.15, 0.2) is 0 Å². The van der Waals surface area contributed by atoms with Gasteiger partial charge in [-0.3, -0.25) is 4.79 Å². The zero-order valence-electron chi connectivity index (χ0n) is 14.6. The molecule has 0 spiro atoms. The third-order valence-electron chi connectivity index (χ3n) is 3.54. The average molecular weight is 340 g/mol. The number of carbonyl (C=O) groups is 1. The number of nitriles is 1. The summed E-state index contributed by atoms with van der Waals surface area (Å²) in [6.07, 6.45) is 0.325. The maximum absolute atomic E-state index is 13.8. The van der Waals surface area contributed by atoms with Crippen molar-refractivity contribution in [3.05, 3.63) is 59.4 Å². The van der Waals surface area contributed by atoms with Crippen LogP contribution in [0.5, 0.6) is 5.75 Å². The second kappa shape index (κ2) is 8.29. The van der Waals surface area contributed by atoms with Crippen LogP contribution in [0, 0.1) is 17.1 Å². The van der Waals surface area contributed by atoms with Crippen molar-refractivity contribution < 1.29 is 13.9 Å². The third kappa shape index (κ3) is 5.05. The van der Waals surface area contributed by atoms with Gasteiger partial charge in [0, 0.05) is 12.1 Å². The molecule has 0 fully saturated rings. The van der Waals surface area contributed by atoms with Crippen molar-refractivity contribution in [2.45, 2.75) is 39.8 Å². The minimum atomic E-state index is -0.542. The van der Waals surface area contributed by atoms with E-state index in [0.717, 1.165) is 11.6 Å². The van der Waals surface area contributed by atoms with Gasteiger partial charge in [-0.2, -0.15) is 5.26 Å². The monoisotopic (exact) mass is 340 g/mol. The zero-order valence-corrected chi connectivity index (χ0v) is 14.6. The molecule has 0 saturated carbocycles. The van der Waals surface area contributed by atoms with E-state index < -0.39 is 5.82 Å². The lowest BCUT2D eigenvalue weighted by Crippen LogP contribution is -2.29. The van der Waals surface area contributed by atoms with Gasteiger partial charge in [0.25, 0.3) is 0 Å². The van der Waals surface area contributed by atoms with Crippen molar-refractivity contribution in [3.8, 4) is 11.8 Å². The average Bonchev–Trinajstić information content (AvgIpc) is 2.58. The number of rotatable bonds is 6. The largest absolute Gasteiger partial charge is 0.491 e. The molecular weight excluding hydrogens is 319 g/mol. The lowest BCUT2D eigenvalue weighted by molar-refractivity contribution is -0.118. The molecule has 4 nitrogen and oxygen atoms in total. The minimum Gasteiger partial charge on any atom is -0.491 e. The van der Waals surface area contributed by atoms with Crippen LogP contribution in [0.4, 0.5) is 10.1 Å². The number of benzene rings is 2. The van der Waals surface area contributed by atoms with Crippen LogP contribution in [-0.2, 0) is 11.3 Å². The Kier molecular flexibility index (Phi) is 6.13. The van der Waals surface area contributed by atoms with Crippen molar-refractivity contribution in [1.82, 2.24) is 0 Å². The molecular formula is C20H21FN2O2. The van der Waals surface area contributed by atoms with Crippen molar-refractivity contribution in [1.29, 1.82) is 5.26 Å². The number of hydrogen-bond acceptors (Lipinski definition) is 3. The van der Waals surface area contributed by atoms with E-state index in [4.69, 9.17) is 10.00 Å². The van der Waals surface area contributed by atoms with Gasteiger partial charge in [0.2, 0.25) is 5.91 Å². The molecule has 2 aromatic carbocycles. The fourth-order valence-corrected chi connectivity index (χ4v) is 2.48. The number of amides is 1. The summed E-state index contributed by atoms with van der Waals surface area (Å²) in [6, 6.07) is 13.3. The van der Waals surface area contributed by atoms with Gasteiger partial charge >= 0.3 is 0 Å². The molecule has 0 aliphatic heterocycles. The normalized spacial score (nSPS) is 10.4. The summed E-state index contributed by atoms with van der Waals surface area (Å²) >= 11 is 0. The van der Waals surface area contributed by atoms with Gasteiger partial charge in [-0.25, -0.2) is 4.39 Å². The highest BCUT2D eigenvalue weighted by Crippen LogP contribution is 2.23. The van der Waals surface area contributed by atoms with E-state index in [-0.39, 0.29) is 30.5 Å². The summed E-state index contributed by atoms with van der Waals surface area (Å²) in [5.74, 6) is 0.0258. The van der Waals surface area contributed by atoms with E-state index in [2.05, 4.69) is 0 Å². The van der Waals surface area contributed by atoms with Gasteiger partial charge in [-0.05, 0) is 49.7 Å². The SMILES string of the molecule is CCC(=O)N(Cc1cccc(OC(C)C)c1)c1cc(F)cc(C#N)c1. The zero-order chi connectivity index (χ0) is 18.4. The summed E-state index contributed by atoms with van der Waals surface area (Å²) in [5, 5.41) is 9.04. The number of nitrogens with zero attached hydrogens (tertiary/aromatic N) is 2. The Morgan fingerprint density at radius 2 is 2.04 bits per heavy atom. The molecule has 0 saturated heterocycles. The summed E-state index contributed by atoms with van der Waals surface area (Å²) < 4.78 is 19.5. The minimum absolute atomic E-state index is 0.0463. The fourth-order valence-electron chi connectivity index (χ4n) is 2.48. The Bertz CT molecular complexity index is 797. The van der Waals surface area contributed by atoms with E-state index in [0.29, 0.717) is 11.4 Å². The van der Waals surface area contributed by atoms with E-state index >= 15 is 0 Å². The van der Waals surface area contributed by atoms with Crippen LogP contribution in [0.25, 0.3) is 0 Å². The van der Waals surface area contributed by atoms with Crippen LogP contribution in [-0.4, -0.2) is 12.0 Å². The van der Waals surface area contributed by atoms with Gasteiger partial charge in [-0.15, -0.1) is 0 Å². The molecule has 0 radical (unpaired) electrons. The molecule has 5 heteroatoms. The smallest absolute Gasteiger partial charge is 0.227 e. The predicted molar refractivity (Wildman–Crippen MR) is 94.8 cm³/mol. The topological polar surface area (TPSA) is 53.3 Å². The molecule has 0 N–H and O–H groups in total. The van der Waals surface area contributed by atoms with E-state index in [1.165, 1.54) is 17.0 Å². The Labute approximate surface area is 147 Å². The number of halogens is 1. The standard InChI is InChI=1S/C20H21FN2O2/c1-4-20(24)23(18-9-16(12-22)8-17(21)11-18)13-15-6-5-7-19(10-15)25-14(2)3/h5-11,14H,4,13H2,1-3H3. The molecule has 0 bridgehead atoms. The molecule has 1 amide bonds. The first-order valence-corrected chi connectivity index (χ1v) is 8.19. The fraction of sp³-hybridized carbons (Fsp3) is 0.300. The van der Waals surface area contributed by atoms with E-state index in [9.17, 15) is 9.18 Å². The van der Waals surface area contributed by atoms with Crippen LogP contribution in [0.2, 0.25) is 0 Å². The Hall–Kier alpha value is -2.87. The first-order valence-electron chi connectivity index (χ1n) is 8.19. The summed E-state index contributed by atoms with van der Waals surface area (Å²) in [6.45, 7) is 5.90. The molecule has 0 unspecified atom stereocenters. The second-order valence-electron chi connectivity index (χ2n) is 5.96. The molecule has 2 rings (SSSR count).